The standard InChI is InChI=1S/C18H15N3OS/c1-10-16(11(2)22-21-10)13-6-3-5-12(9-13)14-7-4-8-15-17(14)20-18(19)23-15/h3-9H,1-2H3,(H2,19,20). The quantitative estimate of drug-likeness (QED) is 0.575. The van der Waals surface area contributed by atoms with Crippen molar-refractivity contribution in [1.29, 1.82) is 0 Å². The molecular weight excluding hydrogens is 306 g/mol. The van der Waals surface area contributed by atoms with E-state index in [0.717, 1.165) is 43.9 Å². The molecule has 0 bridgehead atoms. The second-order valence-electron chi connectivity index (χ2n) is 5.48. The summed E-state index contributed by atoms with van der Waals surface area (Å²) in [6, 6.07) is 14.5. The number of fused-ring (bicyclic) bond motifs is 1. The lowest BCUT2D eigenvalue weighted by Crippen LogP contribution is -1.86. The van der Waals surface area contributed by atoms with Gasteiger partial charge in [-0.2, -0.15) is 0 Å². The van der Waals surface area contributed by atoms with E-state index < -0.39 is 0 Å². The Bertz CT molecular complexity index is 997. The molecule has 4 rings (SSSR count). The minimum atomic E-state index is 0.592. The predicted octanol–water partition coefficient (Wildman–Crippen LogP) is 4.82. The highest BCUT2D eigenvalue weighted by molar-refractivity contribution is 7.22. The molecule has 2 aromatic carbocycles. The summed E-state index contributed by atoms with van der Waals surface area (Å²) in [6.45, 7) is 3.89. The summed E-state index contributed by atoms with van der Waals surface area (Å²) < 4.78 is 6.39. The van der Waals surface area contributed by atoms with Crippen LogP contribution in [0, 0.1) is 13.8 Å². The fraction of sp³-hybridized carbons (Fsp3) is 0.111. The van der Waals surface area contributed by atoms with Crippen LogP contribution in [0.3, 0.4) is 0 Å². The Morgan fingerprint density at radius 2 is 1.83 bits per heavy atom. The number of para-hydroxylation sites is 1. The largest absolute Gasteiger partial charge is 0.375 e. The summed E-state index contributed by atoms with van der Waals surface area (Å²) in [6.07, 6.45) is 0. The first-order valence-electron chi connectivity index (χ1n) is 7.32. The van der Waals surface area contributed by atoms with E-state index in [-0.39, 0.29) is 0 Å². The molecule has 0 aliphatic carbocycles. The first-order chi connectivity index (χ1) is 11.1. The Labute approximate surface area is 137 Å². The van der Waals surface area contributed by atoms with E-state index in [1.807, 2.05) is 32.0 Å². The van der Waals surface area contributed by atoms with Gasteiger partial charge in [-0.3, -0.25) is 0 Å². The third kappa shape index (κ3) is 2.29. The van der Waals surface area contributed by atoms with E-state index in [1.165, 1.54) is 11.3 Å². The Morgan fingerprint density at radius 3 is 2.61 bits per heavy atom. The monoisotopic (exact) mass is 321 g/mol. The maximum absolute atomic E-state index is 5.87. The van der Waals surface area contributed by atoms with Crippen LogP contribution in [0.4, 0.5) is 5.13 Å². The Hall–Kier alpha value is -2.66. The smallest absolute Gasteiger partial charge is 0.181 e. The first-order valence-corrected chi connectivity index (χ1v) is 8.14. The zero-order valence-electron chi connectivity index (χ0n) is 12.8. The number of aromatic nitrogens is 2. The minimum absolute atomic E-state index is 0.592. The van der Waals surface area contributed by atoms with Gasteiger partial charge in [-0.25, -0.2) is 4.98 Å². The lowest BCUT2D eigenvalue weighted by Gasteiger charge is -2.06. The molecule has 5 heteroatoms. The fourth-order valence-electron chi connectivity index (χ4n) is 2.94. The number of hydrogen-bond donors (Lipinski definition) is 1. The predicted molar refractivity (Wildman–Crippen MR) is 94.4 cm³/mol. The SMILES string of the molecule is Cc1noc(C)c1-c1cccc(-c2cccc3sc(N)nc23)c1. The van der Waals surface area contributed by atoms with E-state index in [1.54, 1.807) is 0 Å². The van der Waals surface area contributed by atoms with E-state index >= 15 is 0 Å². The maximum atomic E-state index is 5.87. The Kier molecular flexibility index (Phi) is 3.16. The van der Waals surface area contributed by atoms with Gasteiger partial charge in [-0.1, -0.05) is 46.8 Å². The summed E-state index contributed by atoms with van der Waals surface area (Å²) in [5.74, 6) is 0.829. The molecule has 114 valence electrons. The lowest BCUT2D eigenvalue weighted by molar-refractivity contribution is 0.393. The molecule has 0 fully saturated rings. The van der Waals surface area contributed by atoms with Crippen molar-refractivity contribution >= 4 is 26.7 Å². The number of aryl methyl sites for hydroxylation is 2. The van der Waals surface area contributed by atoms with Crippen molar-refractivity contribution in [2.45, 2.75) is 13.8 Å². The molecule has 0 saturated heterocycles. The first kappa shape index (κ1) is 14.0. The second kappa shape index (κ2) is 5.21. The number of hydrogen-bond acceptors (Lipinski definition) is 5. The van der Waals surface area contributed by atoms with Crippen LogP contribution in [0.15, 0.2) is 47.0 Å². The highest BCUT2D eigenvalue weighted by Crippen LogP contribution is 2.35. The molecule has 2 N–H and O–H groups in total. The van der Waals surface area contributed by atoms with E-state index in [4.69, 9.17) is 10.3 Å². The molecule has 0 amide bonds. The highest BCUT2D eigenvalue weighted by Gasteiger charge is 2.13. The summed E-state index contributed by atoms with van der Waals surface area (Å²) in [4.78, 5) is 4.48. The average Bonchev–Trinajstić information content (AvgIpc) is 3.08. The highest BCUT2D eigenvalue weighted by atomic mass is 32.1. The third-order valence-corrected chi connectivity index (χ3v) is 4.78. The summed E-state index contributed by atoms with van der Waals surface area (Å²) in [5.41, 5.74) is 12.1. The van der Waals surface area contributed by atoms with Crippen LogP contribution in [0.1, 0.15) is 11.5 Å². The van der Waals surface area contributed by atoms with Crippen molar-refractivity contribution in [2.75, 3.05) is 5.73 Å². The Morgan fingerprint density at radius 1 is 1.04 bits per heavy atom. The van der Waals surface area contributed by atoms with E-state index in [9.17, 15) is 0 Å². The van der Waals surface area contributed by atoms with Crippen LogP contribution in [0.5, 0.6) is 0 Å². The molecule has 0 atom stereocenters. The van der Waals surface area contributed by atoms with Crippen molar-refractivity contribution in [3.8, 4) is 22.3 Å². The Balaban J connectivity index is 1.91. The van der Waals surface area contributed by atoms with Gasteiger partial charge in [0.05, 0.1) is 15.9 Å². The number of benzene rings is 2. The normalized spacial score (nSPS) is 11.2. The van der Waals surface area contributed by atoms with Crippen LogP contribution >= 0.6 is 11.3 Å². The molecule has 0 radical (unpaired) electrons. The van der Waals surface area contributed by atoms with Gasteiger partial charge in [0.1, 0.15) is 5.76 Å². The van der Waals surface area contributed by atoms with E-state index in [2.05, 4.69) is 34.4 Å². The number of thiazole rings is 1. The van der Waals surface area contributed by atoms with Gasteiger partial charge >= 0.3 is 0 Å². The van der Waals surface area contributed by atoms with Crippen molar-refractivity contribution in [2.24, 2.45) is 0 Å². The van der Waals surface area contributed by atoms with Gasteiger partial charge < -0.3 is 10.3 Å². The number of nitrogens with zero attached hydrogens (tertiary/aromatic N) is 2. The fourth-order valence-corrected chi connectivity index (χ4v) is 3.70. The molecule has 2 aromatic heterocycles. The van der Waals surface area contributed by atoms with Crippen molar-refractivity contribution in [3.05, 3.63) is 53.9 Å². The maximum Gasteiger partial charge on any atom is 0.181 e. The second-order valence-corrected chi connectivity index (χ2v) is 6.55. The van der Waals surface area contributed by atoms with Crippen molar-refractivity contribution < 1.29 is 4.52 Å². The van der Waals surface area contributed by atoms with Gasteiger partial charge in [0.2, 0.25) is 0 Å². The van der Waals surface area contributed by atoms with Crippen LogP contribution in [0.2, 0.25) is 0 Å². The summed E-state index contributed by atoms with van der Waals surface area (Å²) in [7, 11) is 0. The molecule has 0 saturated carbocycles. The van der Waals surface area contributed by atoms with Crippen LogP contribution in [-0.2, 0) is 0 Å². The molecule has 23 heavy (non-hydrogen) atoms. The summed E-state index contributed by atoms with van der Waals surface area (Å²) in [5, 5.41) is 4.64. The third-order valence-electron chi connectivity index (χ3n) is 3.93. The zero-order chi connectivity index (χ0) is 16.0. The zero-order valence-corrected chi connectivity index (χ0v) is 13.6. The van der Waals surface area contributed by atoms with Crippen LogP contribution in [0.25, 0.3) is 32.5 Å². The van der Waals surface area contributed by atoms with Gasteiger partial charge in [-0.05, 0) is 37.1 Å². The van der Waals surface area contributed by atoms with Crippen LogP contribution < -0.4 is 5.73 Å². The molecular formula is C18H15N3OS. The lowest BCUT2D eigenvalue weighted by atomic mass is 9.98. The molecule has 0 aliphatic rings. The van der Waals surface area contributed by atoms with Gasteiger partial charge in [0.15, 0.2) is 5.13 Å². The van der Waals surface area contributed by atoms with Crippen molar-refractivity contribution in [3.63, 3.8) is 0 Å². The molecule has 0 aliphatic heterocycles. The number of nitrogen functional groups attached to an aromatic ring is 1. The number of rotatable bonds is 2. The van der Waals surface area contributed by atoms with Gasteiger partial charge in [0.25, 0.3) is 0 Å². The minimum Gasteiger partial charge on any atom is -0.375 e. The molecule has 2 heterocycles. The van der Waals surface area contributed by atoms with Gasteiger partial charge in [0, 0.05) is 11.1 Å². The topological polar surface area (TPSA) is 64.9 Å². The molecule has 4 nitrogen and oxygen atoms in total. The van der Waals surface area contributed by atoms with Crippen LogP contribution in [-0.4, -0.2) is 10.1 Å². The molecule has 4 aromatic rings. The molecule has 0 unspecified atom stereocenters. The summed E-state index contributed by atoms with van der Waals surface area (Å²) >= 11 is 1.51. The van der Waals surface area contributed by atoms with Gasteiger partial charge in [-0.15, -0.1) is 0 Å². The number of anilines is 1. The average molecular weight is 321 g/mol. The van der Waals surface area contributed by atoms with Crippen molar-refractivity contribution in [1.82, 2.24) is 10.1 Å². The number of nitrogens with two attached hydrogens (primary N) is 1. The molecule has 0 spiro atoms. The van der Waals surface area contributed by atoms with E-state index in [0.29, 0.717) is 5.13 Å².